The minimum atomic E-state index is -3.51. The molecule has 1 atom stereocenters. The maximum absolute atomic E-state index is 12.9. The summed E-state index contributed by atoms with van der Waals surface area (Å²) in [6.07, 6.45) is 1.85. The van der Waals surface area contributed by atoms with E-state index in [0.29, 0.717) is 12.1 Å². The first-order chi connectivity index (χ1) is 12.5. The van der Waals surface area contributed by atoms with Crippen LogP contribution in [0.5, 0.6) is 5.75 Å². The molecule has 0 saturated carbocycles. The number of rotatable bonds is 5. The van der Waals surface area contributed by atoms with Crippen molar-refractivity contribution in [2.45, 2.75) is 23.8 Å². The zero-order chi connectivity index (χ0) is 18.7. The molecule has 138 valence electrons. The van der Waals surface area contributed by atoms with Gasteiger partial charge in [0.25, 0.3) is 5.91 Å². The average Bonchev–Trinajstić information content (AvgIpc) is 3.17. The Morgan fingerprint density at radius 1 is 1.12 bits per heavy atom. The van der Waals surface area contributed by atoms with Gasteiger partial charge in [-0.15, -0.1) is 0 Å². The summed E-state index contributed by atoms with van der Waals surface area (Å²) in [6, 6.07) is 13.8. The number of hydrogen-bond donors (Lipinski definition) is 1. The van der Waals surface area contributed by atoms with E-state index < -0.39 is 10.0 Å². The lowest BCUT2D eigenvalue weighted by Gasteiger charge is -2.25. The van der Waals surface area contributed by atoms with Gasteiger partial charge in [0.1, 0.15) is 5.75 Å². The monoisotopic (exact) mass is 374 g/mol. The molecule has 0 aliphatic carbocycles. The lowest BCUT2D eigenvalue weighted by atomic mass is 10.0. The fraction of sp³-hybridized carbons (Fsp3) is 0.316. The third kappa shape index (κ3) is 3.59. The predicted octanol–water partition coefficient (Wildman–Crippen LogP) is 2.58. The van der Waals surface area contributed by atoms with Gasteiger partial charge in [0, 0.05) is 12.1 Å². The van der Waals surface area contributed by atoms with Crippen LogP contribution in [0.4, 0.5) is 0 Å². The number of hydrogen-bond acceptors (Lipinski definition) is 4. The molecule has 6 nitrogen and oxygen atoms in total. The number of amides is 1. The Labute approximate surface area is 153 Å². The number of benzene rings is 2. The molecule has 1 aliphatic rings. The summed E-state index contributed by atoms with van der Waals surface area (Å²) in [7, 11) is -0.524. The van der Waals surface area contributed by atoms with Crippen LogP contribution in [-0.2, 0) is 10.0 Å². The number of carbonyl (C=O) groups is 1. The largest absolute Gasteiger partial charge is 0.497 e. The molecule has 0 spiro atoms. The molecule has 0 aromatic heterocycles. The first-order valence-corrected chi connectivity index (χ1v) is 9.93. The molecule has 1 saturated heterocycles. The molecule has 1 amide bonds. The molecular weight excluding hydrogens is 352 g/mol. The molecule has 1 aliphatic heterocycles. The van der Waals surface area contributed by atoms with Crippen molar-refractivity contribution in [3.63, 3.8) is 0 Å². The maximum atomic E-state index is 12.9. The van der Waals surface area contributed by atoms with Crippen molar-refractivity contribution in [2.24, 2.45) is 0 Å². The van der Waals surface area contributed by atoms with E-state index in [2.05, 4.69) is 4.72 Å². The molecular formula is C19H22N2O4S. The molecule has 3 rings (SSSR count). The number of sulfonamides is 1. The minimum Gasteiger partial charge on any atom is -0.497 e. The molecule has 0 bridgehead atoms. The second kappa shape index (κ2) is 7.47. The Morgan fingerprint density at radius 3 is 2.35 bits per heavy atom. The van der Waals surface area contributed by atoms with Crippen molar-refractivity contribution in [3.05, 3.63) is 59.7 Å². The predicted molar refractivity (Wildman–Crippen MR) is 98.7 cm³/mol. The number of nitrogens with one attached hydrogen (secondary N) is 1. The second-order valence-electron chi connectivity index (χ2n) is 6.16. The molecule has 7 heteroatoms. The van der Waals surface area contributed by atoms with Crippen LogP contribution >= 0.6 is 0 Å². The summed E-state index contributed by atoms with van der Waals surface area (Å²) in [6.45, 7) is 0.687. The van der Waals surface area contributed by atoms with Crippen molar-refractivity contribution in [2.75, 3.05) is 20.7 Å². The van der Waals surface area contributed by atoms with Crippen LogP contribution in [0.1, 0.15) is 34.8 Å². The van der Waals surface area contributed by atoms with E-state index in [-0.39, 0.29) is 16.8 Å². The van der Waals surface area contributed by atoms with E-state index in [1.165, 1.54) is 19.2 Å². The fourth-order valence-corrected chi connectivity index (χ4v) is 3.97. The number of carbonyl (C=O) groups excluding carboxylic acids is 1. The standard InChI is InChI=1S/C19H22N2O4S/c1-20-26(23,24)17-11-7-15(8-12-17)19(22)21-13-3-4-18(21)14-5-9-16(25-2)10-6-14/h5-12,18,20H,3-4,13H2,1-2H3. The van der Waals surface area contributed by atoms with Crippen LogP contribution in [-0.4, -0.2) is 39.9 Å². The van der Waals surface area contributed by atoms with Gasteiger partial charge in [-0.3, -0.25) is 4.79 Å². The first kappa shape index (κ1) is 18.4. The lowest BCUT2D eigenvalue weighted by molar-refractivity contribution is 0.0735. The van der Waals surface area contributed by atoms with Crippen LogP contribution in [0.15, 0.2) is 53.4 Å². The van der Waals surface area contributed by atoms with Crippen molar-refractivity contribution < 1.29 is 17.9 Å². The summed E-state index contributed by atoms with van der Waals surface area (Å²) >= 11 is 0. The minimum absolute atomic E-state index is 0.0223. The van der Waals surface area contributed by atoms with Crippen LogP contribution in [0.2, 0.25) is 0 Å². The normalized spacial score (nSPS) is 17.3. The Hall–Kier alpha value is -2.38. The van der Waals surface area contributed by atoms with E-state index in [1.54, 1.807) is 19.2 Å². The zero-order valence-corrected chi connectivity index (χ0v) is 15.6. The Kier molecular flexibility index (Phi) is 5.29. The fourth-order valence-electron chi connectivity index (χ4n) is 3.24. The van der Waals surface area contributed by atoms with E-state index in [1.807, 2.05) is 29.2 Å². The Morgan fingerprint density at radius 2 is 1.77 bits per heavy atom. The van der Waals surface area contributed by atoms with Crippen LogP contribution in [0.25, 0.3) is 0 Å². The number of likely N-dealkylation sites (tertiary alicyclic amines) is 1. The van der Waals surface area contributed by atoms with E-state index in [9.17, 15) is 13.2 Å². The van der Waals surface area contributed by atoms with Gasteiger partial charge in [-0.25, -0.2) is 13.1 Å². The maximum Gasteiger partial charge on any atom is 0.254 e. The van der Waals surface area contributed by atoms with Gasteiger partial charge in [0.05, 0.1) is 18.0 Å². The Bertz CT molecular complexity index is 877. The van der Waals surface area contributed by atoms with E-state index in [0.717, 1.165) is 24.2 Å². The molecule has 2 aromatic carbocycles. The SMILES string of the molecule is CNS(=O)(=O)c1ccc(C(=O)N2CCCC2c2ccc(OC)cc2)cc1. The molecule has 2 aromatic rings. The Balaban J connectivity index is 1.81. The van der Waals surface area contributed by atoms with Gasteiger partial charge >= 0.3 is 0 Å². The molecule has 26 heavy (non-hydrogen) atoms. The van der Waals surface area contributed by atoms with Gasteiger partial charge in [0.2, 0.25) is 10.0 Å². The molecule has 1 unspecified atom stereocenters. The van der Waals surface area contributed by atoms with Gasteiger partial charge in [0.15, 0.2) is 0 Å². The smallest absolute Gasteiger partial charge is 0.254 e. The highest BCUT2D eigenvalue weighted by Crippen LogP contribution is 2.34. The van der Waals surface area contributed by atoms with Crippen molar-refractivity contribution in [1.29, 1.82) is 0 Å². The molecule has 1 N–H and O–H groups in total. The van der Waals surface area contributed by atoms with Gasteiger partial charge in [-0.2, -0.15) is 0 Å². The van der Waals surface area contributed by atoms with Gasteiger partial charge in [-0.05, 0) is 61.9 Å². The second-order valence-corrected chi connectivity index (χ2v) is 8.05. The van der Waals surface area contributed by atoms with Gasteiger partial charge in [-0.1, -0.05) is 12.1 Å². The van der Waals surface area contributed by atoms with Crippen LogP contribution in [0, 0.1) is 0 Å². The molecule has 1 heterocycles. The van der Waals surface area contributed by atoms with Crippen molar-refractivity contribution in [1.82, 2.24) is 9.62 Å². The molecule has 0 radical (unpaired) electrons. The third-order valence-electron chi connectivity index (χ3n) is 4.69. The summed E-state index contributed by atoms with van der Waals surface area (Å²) < 4.78 is 31.1. The highest BCUT2D eigenvalue weighted by molar-refractivity contribution is 7.89. The van der Waals surface area contributed by atoms with Crippen molar-refractivity contribution in [3.8, 4) is 5.75 Å². The first-order valence-electron chi connectivity index (χ1n) is 8.45. The molecule has 1 fully saturated rings. The topological polar surface area (TPSA) is 75.7 Å². The quantitative estimate of drug-likeness (QED) is 0.873. The highest BCUT2D eigenvalue weighted by Gasteiger charge is 2.30. The van der Waals surface area contributed by atoms with Gasteiger partial charge < -0.3 is 9.64 Å². The van der Waals surface area contributed by atoms with Crippen LogP contribution in [0.3, 0.4) is 0 Å². The average molecular weight is 374 g/mol. The van der Waals surface area contributed by atoms with Crippen LogP contribution < -0.4 is 9.46 Å². The summed E-state index contributed by atoms with van der Waals surface area (Å²) in [5, 5.41) is 0. The van der Waals surface area contributed by atoms with E-state index in [4.69, 9.17) is 4.74 Å². The summed E-state index contributed by atoms with van der Waals surface area (Å²) in [5.74, 6) is 0.697. The zero-order valence-electron chi connectivity index (χ0n) is 14.8. The number of nitrogens with zero attached hydrogens (tertiary/aromatic N) is 1. The summed E-state index contributed by atoms with van der Waals surface area (Å²) in [5.41, 5.74) is 1.56. The lowest BCUT2D eigenvalue weighted by Crippen LogP contribution is -2.30. The highest BCUT2D eigenvalue weighted by atomic mass is 32.2. The summed E-state index contributed by atoms with van der Waals surface area (Å²) in [4.78, 5) is 14.9. The number of methoxy groups -OCH3 is 1. The third-order valence-corrected chi connectivity index (χ3v) is 6.12. The van der Waals surface area contributed by atoms with E-state index >= 15 is 0 Å². The number of ether oxygens (including phenoxy) is 1. The van der Waals surface area contributed by atoms with Crippen molar-refractivity contribution >= 4 is 15.9 Å².